The summed E-state index contributed by atoms with van der Waals surface area (Å²) >= 11 is 0. The molecule has 0 spiro atoms. The Bertz CT molecular complexity index is 451. The molecule has 0 radical (unpaired) electrons. The summed E-state index contributed by atoms with van der Waals surface area (Å²) in [5.41, 5.74) is 0.223. The van der Waals surface area contributed by atoms with Crippen LogP contribution < -0.4 is 10.6 Å². The lowest BCUT2D eigenvalue weighted by Gasteiger charge is -2.36. The van der Waals surface area contributed by atoms with Crippen LogP contribution in [0.15, 0.2) is 24.3 Å². The zero-order valence-corrected chi connectivity index (χ0v) is 11.6. The summed E-state index contributed by atoms with van der Waals surface area (Å²) in [6.07, 6.45) is 2.20. The van der Waals surface area contributed by atoms with Gasteiger partial charge in [0.1, 0.15) is 5.75 Å². The van der Waals surface area contributed by atoms with Crippen LogP contribution in [0.3, 0.4) is 0 Å². The van der Waals surface area contributed by atoms with Gasteiger partial charge in [-0.25, -0.2) is 0 Å². The van der Waals surface area contributed by atoms with Crippen LogP contribution >= 0.6 is 0 Å². The quantitative estimate of drug-likeness (QED) is 0.783. The summed E-state index contributed by atoms with van der Waals surface area (Å²) in [6.45, 7) is 5.91. The molecule has 4 nitrogen and oxygen atoms in total. The maximum Gasteiger partial charge on any atom is 0.230 e. The lowest BCUT2D eigenvalue weighted by Crippen LogP contribution is -2.44. The monoisotopic (exact) mass is 262 g/mol. The molecule has 1 aliphatic heterocycles. The van der Waals surface area contributed by atoms with Gasteiger partial charge < -0.3 is 15.7 Å². The fourth-order valence-corrected chi connectivity index (χ4v) is 2.53. The van der Waals surface area contributed by atoms with Crippen molar-refractivity contribution >= 4 is 11.6 Å². The number of benzene rings is 1. The fourth-order valence-electron chi connectivity index (χ4n) is 2.53. The maximum absolute atomic E-state index is 12.4. The molecule has 104 valence electrons. The van der Waals surface area contributed by atoms with Gasteiger partial charge in [-0.05, 0) is 44.0 Å². The van der Waals surface area contributed by atoms with Crippen molar-refractivity contribution in [2.75, 3.05) is 18.4 Å². The number of anilines is 1. The third-order valence-corrected chi connectivity index (χ3v) is 4.01. The van der Waals surface area contributed by atoms with Crippen LogP contribution in [0.4, 0.5) is 5.69 Å². The first kappa shape index (κ1) is 13.9. The van der Waals surface area contributed by atoms with Crippen molar-refractivity contribution in [1.29, 1.82) is 0 Å². The first-order valence-corrected chi connectivity index (χ1v) is 6.81. The Hall–Kier alpha value is -1.55. The lowest BCUT2D eigenvalue weighted by atomic mass is 9.74. The van der Waals surface area contributed by atoms with Gasteiger partial charge in [-0.1, -0.05) is 19.9 Å². The Morgan fingerprint density at radius 3 is 2.89 bits per heavy atom. The number of amides is 1. The Morgan fingerprint density at radius 1 is 1.47 bits per heavy atom. The number of carbonyl (C=O) groups is 1. The number of carbonyl (C=O) groups excluding carboxylic acids is 1. The molecule has 1 aliphatic rings. The van der Waals surface area contributed by atoms with Crippen LogP contribution in [0.25, 0.3) is 0 Å². The molecule has 0 bridgehead atoms. The van der Waals surface area contributed by atoms with E-state index in [1.165, 1.54) is 0 Å². The summed E-state index contributed by atoms with van der Waals surface area (Å²) in [5.74, 6) is 0.514. The average molecular weight is 262 g/mol. The van der Waals surface area contributed by atoms with Gasteiger partial charge in [0.25, 0.3) is 0 Å². The van der Waals surface area contributed by atoms with Crippen LogP contribution in [0.2, 0.25) is 0 Å². The third-order valence-electron chi connectivity index (χ3n) is 4.01. The van der Waals surface area contributed by atoms with Crippen molar-refractivity contribution in [3.63, 3.8) is 0 Å². The molecule has 1 aromatic carbocycles. The van der Waals surface area contributed by atoms with E-state index < -0.39 is 5.41 Å². The topological polar surface area (TPSA) is 61.4 Å². The molecular formula is C15H22N2O2. The fraction of sp³-hybridized carbons (Fsp3) is 0.533. The van der Waals surface area contributed by atoms with Crippen molar-refractivity contribution in [3.05, 3.63) is 24.3 Å². The van der Waals surface area contributed by atoms with E-state index in [1.807, 2.05) is 13.8 Å². The van der Waals surface area contributed by atoms with Crippen LogP contribution in [0.5, 0.6) is 5.75 Å². The summed E-state index contributed by atoms with van der Waals surface area (Å²) < 4.78 is 0. The minimum Gasteiger partial charge on any atom is -0.508 e. The van der Waals surface area contributed by atoms with Gasteiger partial charge in [-0.2, -0.15) is 0 Å². The molecule has 2 rings (SSSR count). The summed E-state index contributed by atoms with van der Waals surface area (Å²) in [6, 6.07) is 6.66. The van der Waals surface area contributed by atoms with E-state index in [0.717, 1.165) is 25.9 Å². The molecule has 1 fully saturated rings. The molecule has 1 saturated heterocycles. The van der Waals surface area contributed by atoms with E-state index in [0.29, 0.717) is 11.6 Å². The van der Waals surface area contributed by atoms with E-state index in [2.05, 4.69) is 10.6 Å². The first-order valence-electron chi connectivity index (χ1n) is 6.81. The third kappa shape index (κ3) is 3.26. The largest absolute Gasteiger partial charge is 0.508 e. The number of hydrogen-bond donors (Lipinski definition) is 3. The molecule has 1 atom stereocenters. The number of hydrogen-bond acceptors (Lipinski definition) is 3. The number of piperidine rings is 1. The Morgan fingerprint density at radius 2 is 2.26 bits per heavy atom. The van der Waals surface area contributed by atoms with Crippen molar-refractivity contribution in [2.45, 2.75) is 26.7 Å². The molecule has 0 aromatic heterocycles. The van der Waals surface area contributed by atoms with Gasteiger partial charge >= 0.3 is 0 Å². The molecule has 0 aliphatic carbocycles. The highest BCUT2D eigenvalue weighted by Crippen LogP contribution is 2.33. The van der Waals surface area contributed by atoms with Gasteiger partial charge in [0, 0.05) is 17.2 Å². The highest BCUT2D eigenvalue weighted by atomic mass is 16.3. The predicted octanol–water partition coefficient (Wildman–Crippen LogP) is 2.36. The number of phenols is 1. The van der Waals surface area contributed by atoms with Gasteiger partial charge in [0.05, 0.1) is 0 Å². The predicted molar refractivity (Wildman–Crippen MR) is 76.1 cm³/mol. The molecule has 1 amide bonds. The molecule has 4 heteroatoms. The van der Waals surface area contributed by atoms with E-state index in [1.54, 1.807) is 24.3 Å². The molecule has 1 unspecified atom stereocenters. The van der Waals surface area contributed by atoms with Crippen LogP contribution in [0, 0.1) is 11.3 Å². The highest BCUT2D eigenvalue weighted by molar-refractivity contribution is 5.95. The van der Waals surface area contributed by atoms with E-state index in [-0.39, 0.29) is 11.7 Å². The molecule has 1 aromatic rings. The lowest BCUT2D eigenvalue weighted by molar-refractivity contribution is -0.127. The van der Waals surface area contributed by atoms with Crippen LogP contribution in [-0.2, 0) is 4.79 Å². The Labute approximate surface area is 114 Å². The van der Waals surface area contributed by atoms with Crippen molar-refractivity contribution in [1.82, 2.24) is 5.32 Å². The average Bonchev–Trinajstić information content (AvgIpc) is 2.39. The molecule has 3 N–H and O–H groups in total. The second kappa shape index (κ2) is 5.61. The Kier molecular flexibility index (Phi) is 4.10. The first-order chi connectivity index (χ1) is 9.00. The van der Waals surface area contributed by atoms with Crippen molar-refractivity contribution in [2.24, 2.45) is 11.3 Å². The summed E-state index contributed by atoms with van der Waals surface area (Å²) in [5, 5.41) is 15.7. The Balaban J connectivity index is 2.05. The second-order valence-electron chi connectivity index (χ2n) is 5.77. The second-order valence-corrected chi connectivity index (χ2v) is 5.77. The van der Waals surface area contributed by atoms with E-state index >= 15 is 0 Å². The molecule has 0 saturated carbocycles. The minimum atomic E-state index is -0.418. The maximum atomic E-state index is 12.4. The zero-order valence-electron chi connectivity index (χ0n) is 11.6. The minimum absolute atomic E-state index is 0.00630. The van der Waals surface area contributed by atoms with Crippen molar-refractivity contribution in [3.8, 4) is 5.75 Å². The normalized spacial score (nSPS) is 20.0. The van der Waals surface area contributed by atoms with E-state index in [9.17, 15) is 9.90 Å². The van der Waals surface area contributed by atoms with Gasteiger partial charge in [-0.3, -0.25) is 4.79 Å². The zero-order chi connectivity index (χ0) is 13.9. The number of phenolic OH excluding ortho intramolecular Hbond substituents is 1. The van der Waals surface area contributed by atoms with Gasteiger partial charge in [0.15, 0.2) is 0 Å². The van der Waals surface area contributed by atoms with E-state index in [4.69, 9.17) is 0 Å². The van der Waals surface area contributed by atoms with Gasteiger partial charge in [-0.15, -0.1) is 0 Å². The van der Waals surface area contributed by atoms with Crippen LogP contribution in [0.1, 0.15) is 26.7 Å². The number of nitrogens with one attached hydrogen (secondary N) is 2. The molecular weight excluding hydrogens is 240 g/mol. The van der Waals surface area contributed by atoms with Crippen LogP contribution in [-0.4, -0.2) is 24.1 Å². The molecule has 19 heavy (non-hydrogen) atoms. The summed E-state index contributed by atoms with van der Waals surface area (Å²) in [7, 11) is 0. The van der Waals surface area contributed by atoms with Crippen molar-refractivity contribution < 1.29 is 9.90 Å². The van der Waals surface area contributed by atoms with Gasteiger partial charge in [0.2, 0.25) is 5.91 Å². The number of rotatable bonds is 3. The smallest absolute Gasteiger partial charge is 0.230 e. The SMILES string of the molecule is CC(C)(C(=O)Nc1cccc(O)c1)C1CCCNC1. The highest BCUT2D eigenvalue weighted by Gasteiger charge is 2.37. The summed E-state index contributed by atoms with van der Waals surface area (Å²) in [4.78, 5) is 12.4. The number of aromatic hydroxyl groups is 1. The standard InChI is InChI=1S/C15H22N2O2/c1-15(2,11-5-4-8-16-10-11)14(19)17-12-6-3-7-13(18)9-12/h3,6-7,9,11,16,18H,4-5,8,10H2,1-2H3,(H,17,19). The molecule has 1 heterocycles.